The molecule has 0 amide bonds. The van der Waals surface area contributed by atoms with Crippen LogP contribution in [0.3, 0.4) is 0 Å². The van der Waals surface area contributed by atoms with Gasteiger partial charge in [-0.15, -0.1) is 0 Å². The summed E-state index contributed by atoms with van der Waals surface area (Å²) in [4.78, 5) is 0. The minimum atomic E-state index is -0.207. The Hall–Kier alpha value is -2.24. The zero-order chi connectivity index (χ0) is 15.2. The topological polar surface area (TPSA) is 65.7 Å². The van der Waals surface area contributed by atoms with E-state index in [0.29, 0.717) is 17.2 Å². The van der Waals surface area contributed by atoms with Gasteiger partial charge in [-0.05, 0) is 11.6 Å². The third-order valence-electron chi connectivity index (χ3n) is 3.35. The van der Waals surface area contributed by atoms with Crippen LogP contribution in [0, 0.1) is 0 Å². The number of hydrogen-bond acceptors (Lipinski definition) is 5. The Balaban J connectivity index is 2.54. The van der Waals surface area contributed by atoms with E-state index in [9.17, 15) is 0 Å². The third kappa shape index (κ3) is 3.09. The highest BCUT2D eigenvalue weighted by Gasteiger charge is 2.20. The normalized spacial score (nSPS) is 11.8. The maximum absolute atomic E-state index is 5.74. The van der Waals surface area contributed by atoms with E-state index in [2.05, 4.69) is 5.43 Å². The lowest BCUT2D eigenvalue weighted by molar-refractivity contribution is 0.346. The first-order chi connectivity index (χ1) is 10.2. The molecule has 1 atom stereocenters. The minimum Gasteiger partial charge on any atom is -0.496 e. The van der Waals surface area contributed by atoms with Crippen molar-refractivity contribution in [1.29, 1.82) is 0 Å². The van der Waals surface area contributed by atoms with E-state index in [0.717, 1.165) is 11.1 Å². The van der Waals surface area contributed by atoms with Gasteiger partial charge in [0.1, 0.15) is 5.75 Å². The van der Waals surface area contributed by atoms with Crippen LogP contribution in [0.1, 0.15) is 17.2 Å². The van der Waals surface area contributed by atoms with Gasteiger partial charge in [0, 0.05) is 11.6 Å². The molecule has 1 unspecified atom stereocenters. The predicted molar refractivity (Wildman–Crippen MR) is 81.7 cm³/mol. The average Bonchev–Trinajstić information content (AvgIpc) is 2.56. The van der Waals surface area contributed by atoms with Gasteiger partial charge in [-0.3, -0.25) is 5.84 Å². The van der Waals surface area contributed by atoms with Gasteiger partial charge in [0.05, 0.1) is 27.4 Å². The SMILES string of the molecule is COc1cc(OC)c(C(NN)c2ccccc2)cc1OC. The van der Waals surface area contributed by atoms with Crippen molar-refractivity contribution in [3.8, 4) is 17.2 Å². The van der Waals surface area contributed by atoms with Crippen LogP contribution in [-0.2, 0) is 0 Å². The van der Waals surface area contributed by atoms with Gasteiger partial charge in [0.25, 0.3) is 0 Å². The zero-order valence-corrected chi connectivity index (χ0v) is 12.4. The first kappa shape index (κ1) is 15.2. The molecule has 0 bridgehead atoms. The van der Waals surface area contributed by atoms with E-state index in [1.54, 1.807) is 27.4 Å². The number of nitrogens with one attached hydrogen (secondary N) is 1. The zero-order valence-electron chi connectivity index (χ0n) is 12.4. The molecule has 0 saturated heterocycles. The molecule has 21 heavy (non-hydrogen) atoms. The van der Waals surface area contributed by atoms with Crippen molar-refractivity contribution in [2.75, 3.05) is 21.3 Å². The quantitative estimate of drug-likeness (QED) is 0.630. The third-order valence-corrected chi connectivity index (χ3v) is 3.35. The Bertz CT molecular complexity index is 588. The molecule has 3 N–H and O–H groups in total. The monoisotopic (exact) mass is 288 g/mol. The molecule has 0 radical (unpaired) electrons. The molecular weight excluding hydrogens is 268 g/mol. The second-order valence-corrected chi connectivity index (χ2v) is 4.46. The summed E-state index contributed by atoms with van der Waals surface area (Å²) in [5.41, 5.74) is 4.73. The van der Waals surface area contributed by atoms with Gasteiger partial charge in [-0.1, -0.05) is 30.3 Å². The van der Waals surface area contributed by atoms with Crippen LogP contribution >= 0.6 is 0 Å². The van der Waals surface area contributed by atoms with E-state index in [4.69, 9.17) is 20.1 Å². The van der Waals surface area contributed by atoms with Gasteiger partial charge in [-0.2, -0.15) is 0 Å². The Morgan fingerprint density at radius 2 is 1.43 bits per heavy atom. The standard InChI is InChI=1S/C16H20N2O3/c1-19-13-10-15(21-3)14(20-2)9-12(13)16(18-17)11-7-5-4-6-8-11/h4-10,16,18H,17H2,1-3H3. The molecule has 2 rings (SSSR count). The number of hydrogen-bond donors (Lipinski definition) is 2. The Morgan fingerprint density at radius 1 is 0.857 bits per heavy atom. The summed E-state index contributed by atoms with van der Waals surface area (Å²) in [5.74, 6) is 7.67. The second kappa shape index (κ2) is 6.97. The summed E-state index contributed by atoms with van der Waals surface area (Å²) in [7, 11) is 4.80. The summed E-state index contributed by atoms with van der Waals surface area (Å²) >= 11 is 0. The molecule has 5 nitrogen and oxygen atoms in total. The van der Waals surface area contributed by atoms with E-state index < -0.39 is 0 Å². The highest BCUT2D eigenvalue weighted by atomic mass is 16.5. The second-order valence-electron chi connectivity index (χ2n) is 4.46. The van der Waals surface area contributed by atoms with Crippen molar-refractivity contribution in [2.24, 2.45) is 5.84 Å². The van der Waals surface area contributed by atoms with Crippen molar-refractivity contribution in [2.45, 2.75) is 6.04 Å². The van der Waals surface area contributed by atoms with Crippen LogP contribution in [0.5, 0.6) is 17.2 Å². The fourth-order valence-electron chi connectivity index (χ4n) is 2.29. The van der Waals surface area contributed by atoms with E-state index >= 15 is 0 Å². The van der Waals surface area contributed by atoms with Crippen LogP contribution < -0.4 is 25.5 Å². The van der Waals surface area contributed by atoms with Gasteiger partial charge in [-0.25, -0.2) is 5.43 Å². The summed E-state index contributed by atoms with van der Waals surface area (Å²) in [5, 5.41) is 0. The lowest BCUT2D eigenvalue weighted by atomic mass is 9.98. The van der Waals surface area contributed by atoms with Crippen LogP contribution in [-0.4, -0.2) is 21.3 Å². The van der Waals surface area contributed by atoms with Crippen LogP contribution in [0.2, 0.25) is 0 Å². The smallest absolute Gasteiger partial charge is 0.164 e. The number of nitrogens with two attached hydrogens (primary N) is 1. The largest absolute Gasteiger partial charge is 0.496 e. The number of methoxy groups -OCH3 is 3. The van der Waals surface area contributed by atoms with E-state index in [1.807, 2.05) is 36.4 Å². The number of ether oxygens (including phenoxy) is 3. The molecule has 2 aromatic carbocycles. The van der Waals surface area contributed by atoms with Crippen molar-refractivity contribution in [1.82, 2.24) is 5.43 Å². The fourth-order valence-corrected chi connectivity index (χ4v) is 2.29. The van der Waals surface area contributed by atoms with Gasteiger partial charge >= 0.3 is 0 Å². The van der Waals surface area contributed by atoms with Crippen molar-refractivity contribution < 1.29 is 14.2 Å². The number of hydrazine groups is 1. The minimum absolute atomic E-state index is 0.207. The molecule has 5 heteroatoms. The maximum Gasteiger partial charge on any atom is 0.164 e. The Labute approximate surface area is 124 Å². The van der Waals surface area contributed by atoms with Crippen molar-refractivity contribution in [3.05, 3.63) is 53.6 Å². The lowest BCUT2D eigenvalue weighted by Gasteiger charge is -2.21. The van der Waals surface area contributed by atoms with Crippen molar-refractivity contribution in [3.63, 3.8) is 0 Å². The molecule has 0 aromatic heterocycles. The molecule has 0 spiro atoms. The van der Waals surface area contributed by atoms with E-state index in [-0.39, 0.29) is 6.04 Å². The Morgan fingerprint density at radius 3 is 1.95 bits per heavy atom. The molecule has 112 valence electrons. The molecule has 0 saturated carbocycles. The number of rotatable bonds is 6. The molecule has 0 aliphatic heterocycles. The van der Waals surface area contributed by atoms with E-state index in [1.165, 1.54) is 0 Å². The molecular formula is C16H20N2O3. The van der Waals surface area contributed by atoms with Gasteiger partial charge < -0.3 is 14.2 Å². The molecule has 0 heterocycles. The highest BCUT2D eigenvalue weighted by Crippen LogP contribution is 2.39. The summed E-state index contributed by atoms with van der Waals surface area (Å²) in [6.07, 6.45) is 0. The van der Waals surface area contributed by atoms with Gasteiger partial charge in [0.15, 0.2) is 11.5 Å². The molecule has 0 fully saturated rings. The van der Waals surface area contributed by atoms with Crippen LogP contribution in [0.25, 0.3) is 0 Å². The summed E-state index contributed by atoms with van der Waals surface area (Å²) in [6.45, 7) is 0. The average molecular weight is 288 g/mol. The number of benzene rings is 2. The van der Waals surface area contributed by atoms with Crippen LogP contribution in [0.4, 0.5) is 0 Å². The predicted octanol–water partition coefficient (Wildman–Crippen LogP) is 2.27. The highest BCUT2D eigenvalue weighted by molar-refractivity contribution is 5.53. The first-order valence-electron chi connectivity index (χ1n) is 6.56. The van der Waals surface area contributed by atoms with Crippen molar-refractivity contribution >= 4 is 0 Å². The first-order valence-corrected chi connectivity index (χ1v) is 6.56. The van der Waals surface area contributed by atoms with Gasteiger partial charge in [0.2, 0.25) is 0 Å². The Kier molecular flexibility index (Phi) is 5.03. The summed E-state index contributed by atoms with van der Waals surface area (Å²) < 4.78 is 16.1. The lowest BCUT2D eigenvalue weighted by Crippen LogP contribution is -2.29. The molecule has 0 aliphatic carbocycles. The maximum atomic E-state index is 5.74. The van der Waals surface area contributed by atoms with Crippen LogP contribution in [0.15, 0.2) is 42.5 Å². The summed E-state index contributed by atoms with van der Waals surface area (Å²) in [6, 6.07) is 13.3. The fraction of sp³-hybridized carbons (Fsp3) is 0.250. The molecule has 0 aliphatic rings. The molecule has 2 aromatic rings.